The molecule has 1 aromatic heterocycles. The first-order valence-electron chi connectivity index (χ1n) is 8.23. The van der Waals surface area contributed by atoms with Crippen LogP contribution >= 0.6 is 0 Å². The molecule has 6 heteroatoms. The van der Waals surface area contributed by atoms with Gasteiger partial charge in [0.25, 0.3) is 5.91 Å². The number of esters is 1. The molecule has 0 fully saturated rings. The summed E-state index contributed by atoms with van der Waals surface area (Å²) in [5.41, 5.74) is 3.19. The van der Waals surface area contributed by atoms with E-state index < -0.39 is 5.97 Å². The van der Waals surface area contributed by atoms with Gasteiger partial charge in [-0.2, -0.15) is 0 Å². The molecular formula is C19H24N2O4. The Bertz CT molecular complexity index is 765. The van der Waals surface area contributed by atoms with Crippen molar-refractivity contribution in [3.8, 4) is 5.75 Å². The van der Waals surface area contributed by atoms with Gasteiger partial charge < -0.3 is 19.8 Å². The van der Waals surface area contributed by atoms with Crippen LogP contribution in [0, 0.1) is 6.92 Å². The zero-order chi connectivity index (χ0) is 18.4. The molecule has 0 radical (unpaired) electrons. The van der Waals surface area contributed by atoms with Gasteiger partial charge in [0.1, 0.15) is 11.4 Å². The molecule has 0 spiro atoms. The average molecular weight is 344 g/mol. The standard InChI is InChI=1S/C19H24N2O4/c1-5-14-16(19(23)25-4)12(2)17(21-14)18(22)20-11-10-13-8-6-7-9-15(13)24-3/h6-9,21H,5,10-11H2,1-4H3,(H,20,22). The van der Waals surface area contributed by atoms with Crippen LogP contribution in [-0.2, 0) is 17.6 Å². The Morgan fingerprint density at radius 3 is 2.56 bits per heavy atom. The third-order valence-corrected chi connectivity index (χ3v) is 4.17. The molecule has 0 atom stereocenters. The smallest absolute Gasteiger partial charge is 0.339 e. The van der Waals surface area contributed by atoms with Crippen molar-refractivity contribution >= 4 is 11.9 Å². The van der Waals surface area contributed by atoms with Crippen LogP contribution < -0.4 is 10.1 Å². The first kappa shape index (κ1) is 18.6. The highest BCUT2D eigenvalue weighted by Crippen LogP contribution is 2.20. The van der Waals surface area contributed by atoms with Crippen LogP contribution in [0.25, 0.3) is 0 Å². The number of nitrogens with one attached hydrogen (secondary N) is 2. The minimum absolute atomic E-state index is 0.239. The Morgan fingerprint density at radius 1 is 1.20 bits per heavy atom. The van der Waals surface area contributed by atoms with Crippen LogP contribution in [0.1, 0.15) is 44.6 Å². The van der Waals surface area contributed by atoms with Crippen molar-refractivity contribution in [2.24, 2.45) is 0 Å². The van der Waals surface area contributed by atoms with E-state index in [4.69, 9.17) is 9.47 Å². The number of aromatic nitrogens is 1. The lowest BCUT2D eigenvalue weighted by molar-refractivity contribution is 0.0599. The van der Waals surface area contributed by atoms with Crippen LogP contribution in [0.2, 0.25) is 0 Å². The third-order valence-electron chi connectivity index (χ3n) is 4.17. The van der Waals surface area contributed by atoms with Crippen LogP contribution in [0.5, 0.6) is 5.75 Å². The second-order valence-corrected chi connectivity index (χ2v) is 5.64. The molecule has 0 aliphatic rings. The number of amides is 1. The van der Waals surface area contributed by atoms with Gasteiger partial charge in [-0.3, -0.25) is 4.79 Å². The van der Waals surface area contributed by atoms with Gasteiger partial charge in [0.2, 0.25) is 0 Å². The molecule has 6 nitrogen and oxygen atoms in total. The van der Waals surface area contributed by atoms with Crippen LogP contribution in [-0.4, -0.2) is 37.6 Å². The van der Waals surface area contributed by atoms with Gasteiger partial charge in [0.15, 0.2) is 0 Å². The minimum Gasteiger partial charge on any atom is -0.496 e. The van der Waals surface area contributed by atoms with E-state index in [9.17, 15) is 9.59 Å². The van der Waals surface area contributed by atoms with Crippen molar-refractivity contribution in [3.05, 3.63) is 52.3 Å². The maximum absolute atomic E-state index is 12.5. The SMILES string of the molecule is CCc1[nH]c(C(=O)NCCc2ccccc2OC)c(C)c1C(=O)OC. The van der Waals surface area contributed by atoms with E-state index in [0.717, 1.165) is 11.3 Å². The summed E-state index contributed by atoms with van der Waals surface area (Å²) < 4.78 is 10.1. The maximum Gasteiger partial charge on any atom is 0.339 e. The average Bonchev–Trinajstić information content (AvgIpc) is 2.97. The molecule has 0 saturated carbocycles. The fourth-order valence-corrected chi connectivity index (χ4v) is 2.84. The van der Waals surface area contributed by atoms with Crippen LogP contribution in [0.15, 0.2) is 24.3 Å². The Hall–Kier alpha value is -2.76. The van der Waals surface area contributed by atoms with E-state index in [1.54, 1.807) is 14.0 Å². The molecular weight excluding hydrogens is 320 g/mol. The van der Waals surface area contributed by atoms with Gasteiger partial charge in [0.05, 0.1) is 19.8 Å². The number of benzene rings is 1. The Balaban J connectivity index is 2.08. The van der Waals surface area contributed by atoms with Gasteiger partial charge in [0, 0.05) is 12.2 Å². The minimum atomic E-state index is -0.432. The summed E-state index contributed by atoms with van der Waals surface area (Å²) >= 11 is 0. The molecule has 2 N–H and O–H groups in total. The fraction of sp³-hybridized carbons (Fsp3) is 0.368. The Labute approximate surface area is 147 Å². The van der Waals surface area contributed by atoms with Crippen molar-refractivity contribution in [2.45, 2.75) is 26.7 Å². The Kier molecular flexibility index (Phi) is 6.22. The topological polar surface area (TPSA) is 80.4 Å². The first-order valence-corrected chi connectivity index (χ1v) is 8.23. The van der Waals surface area contributed by atoms with Crippen molar-refractivity contribution in [1.29, 1.82) is 0 Å². The summed E-state index contributed by atoms with van der Waals surface area (Å²) in [6.07, 6.45) is 1.26. The molecule has 1 aromatic carbocycles. The summed E-state index contributed by atoms with van der Waals surface area (Å²) in [4.78, 5) is 27.5. The molecule has 1 amide bonds. The van der Waals surface area contributed by atoms with Crippen molar-refractivity contribution in [1.82, 2.24) is 10.3 Å². The highest BCUT2D eigenvalue weighted by Gasteiger charge is 2.23. The number of aryl methyl sites for hydroxylation is 1. The Morgan fingerprint density at radius 2 is 1.92 bits per heavy atom. The second-order valence-electron chi connectivity index (χ2n) is 5.64. The summed E-state index contributed by atoms with van der Waals surface area (Å²) in [5.74, 6) is 0.130. The number of H-pyrrole nitrogens is 1. The number of carbonyl (C=O) groups is 2. The molecule has 134 valence electrons. The molecule has 2 rings (SSSR count). The van der Waals surface area contributed by atoms with E-state index in [-0.39, 0.29) is 5.91 Å². The predicted octanol–water partition coefficient (Wildman–Crippen LogP) is 2.65. The van der Waals surface area contributed by atoms with E-state index in [0.29, 0.717) is 41.9 Å². The lowest BCUT2D eigenvalue weighted by Gasteiger charge is -2.09. The van der Waals surface area contributed by atoms with Crippen molar-refractivity contribution in [2.75, 3.05) is 20.8 Å². The van der Waals surface area contributed by atoms with E-state index in [1.165, 1.54) is 7.11 Å². The molecule has 0 bridgehead atoms. The summed E-state index contributed by atoms with van der Waals surface area (Å²) in [6, 6.07) is 7.70. The van der Waals surface area contributed by atoms with Crippen molar-refractivity contribution < 1.29 is 19.1 Å². The quantitative estimate of drug-likeness (QED) is 0.757. The zero-order valence-electron chi connectivity index (χ0n) is 15.1. The summed E-state index contributed by atoms with van der Waals surface area (Å²) in [6.45, 7) is 4.13. The molecule has 0 aliphatic heterocycles. The van der Waals surface area contributed by atoms with Gasteiger partial charge in [-0.15, -0.1) is 0 Å². The number of carbonyl (C=O) groups excluding carboxylic acids is 2. The molecule has 2 aromatic rings. The first-order chi connectivity index (χ1) is 12.0. The lowest BCUT2D eigenvalue weighted by Crippen LogP contribution is -2.26. The van der Waals surface area contributed by atoms with Crippen LogP contribution in [0.4, 0.5) is 0 Å². The maximum atomic E-state index is 12.5. The van der Waals surface area contributed by atoms with Crippen molar-refractivity contribution in [3.63, 3.8) is 0 Å². The monoisotopic (exact) mass is 344 g/mol. The summed E-state index contributed by atoms with van der Waals surface area (Å²) in [7, 11) is 2.96. The van der Waals surface area contributed by atoms with Gasteiger partial charge in [-0.1, -0.05) is 25.1 Å². The fourth-order valence-electron chi connectivity index (χ4n) is 2.84. The zero-order valence-corrected chi connectivity index (χ0v) is 15.1. The van der Waals surface area contributed by atoms with Crippen LogP contribution in [0.3, 0.4) is 0 Å². The van der Waals surface area contributed by atoms with E-state index >= 15 is 0 Å². The summed E-state index contributed by atoms with van der Waals surface area (Å²) in [5, 5.41) is 2.88. The largest absolute Gasteiger partial charge is 0.496 e. The molecule has 0 unspecified atom stereocenters. The van der Waals surface area contributed by atoms with E-state index in [1.807, 2.05) is 31.2 Å². The number of para-hydroxylation sites is 1. The highest BCUT2D eigenvalue weighted by atomic mass is 16.5. The van der Waals surface area contributed by atoms with E-state index in [2.05, 4.69) is 10.3 Å². The number of aromatic amines is 1. The molecule has 1 heterocycles. The highest BCUT2D eigenvalue weighted by molar-refractivity contribution is 6.00. The number of hydrogen-bond acceptors (Lipinski definition) is 4. The normalized spacial score (nSPS) is 10.4. The number of rotatable bonds is 7. The molecule has 0 aliphatic carbocycles. The van der Waals surface area contributed by atoms with Gasteiger partial charge in [-0.25, -0.2) is 4.79 Å². The molecule has 25 heavy (non-hydrogen) atoms. The number of hydrogen-bond donors (Lipinski definition) is 2. The van der Waals surface area contributed by atoms with Gasteiger partial charge in [-0.05, 0) is 37.0 Å². The molecule has 0 saturated heterocycles. The van der Waals surface area contributed by atoms with Gasteiger partial charge >= 0.3 is 5.97 Å². The third kappa shape index (κ3) is 4.02. The number of methoxy groups -OCH3 is 2. The lowest BCUT2D eigenvalue weighted by atomic mass is 10.1. The predicted molar refractivity (Wildman–Crippen MR) is 95.3 cm³/mol. The second kappa shape index (κ2) is 8.37. The number of ether oxygens (including phenoxy) is 2.